The van der Waals surface area contributed by atoms with Crippen molar-refractivity contribution in [1.29, 1.82) is 0 Å². The Morgan fingerprint density at radius 2 is 2.35 bits per heavy atom. The van der Waals surface area contributed by atoms with E-state index in [4.69, 9.17) is 5.73 Å². The van der Waals surface area contributed by atoms with Crippen molar-refractivity contribution in [2.75, 3.05) is 11.4 Å². The number of piperidine rings is 1. The molecule has 7 heteroatoms. The van der Waals surface area contributed by atoms with Crippen molar-refractivity contribution in [3.05, 3.63) is 24.3 Å². The minimum Gasteiger partial charge on any atom is -0.335 e. The molecule has 0 spiro atoms. The number of aromatic nitrogens is 5. The Hall–Kier alpha value is -1.89. The second kappa shape index (κ2) is 5.24. The summed E-state index contributed by atoms with van der Waals surface area (Å²) in [4.78, 5) is 6.80. The second-order valence-electron chi connectivity index (χ2n) is 5.42. The summed E-state index contributed by atoms with van der Waals surface area (Å²) in [5.74, 6) is 1.55. The van der Waals surface area contributed by atoms with E-state index in [-0.39, 0.29) is 18.1 Å². The van der Waals surface area contributed by atoms with Crippen LogP contribution >= 0.6 is 0 Å². The van der Waals surface area contributed by atoms with E-state index in [0.29, 0.717) is 0 Å². The Morgan fingerprint density at radius 1 is 1.50 bits per heavy atom. The van der Waals surface area contributed by atoms with Gasteiger partial charge in [-0.05, 0) is 32.8 Å². The molecule has 3 heterocycles. The minimum atomic E-state index is 0.0417. The van der Waals surface area contributed by atoms with E-state index >= 15 is 0 Å². The van der Waals surface area contributed by atoms with Crippen molar-refractivity contribution in [2.24, 2.45) is 5.73 Å². The monoisotopic (exact) mass is 275 g/mol. The fourth-order valence-electron chi connectivity index (χ4n) is 2.67. The predicted octanol–water partition coefficient (Wildman–Crippen LogP) is 0.926. The summed E-state index contributed by atoms with van der Waals surface area (Å²) >= 11 is 0. The van der Waals surface area contributed by atoms with Crippen molar-refractivity contribution in [2.45, 2.75) is 44.8 Å². The molecule has 1 fully saturated rings. The maximum Gasteiger partial charge on any atom is 0.245 e. The molecule has 3 unspecified atom stereocenters. The molecule has 1 saturated heterocycles. The number of nitrogens with one attached hydrogen (secondary N) is 1. The van der Waals surface area contributed by atoms with Crippen molar-refractivity contribution in [3.63, 3.8) is 0 Å². The molecule has 0 aliphatic carbocycles. The van der Waals surface area contributed by atoms with Crippen molar-refractivity contribution in [1.82, 2.24) is 25.0 Å². The molecule has 2 aromatic heterocycles. The van der Waals surface area contributed by atoms with Gasteiger partial charge in [-0.1, -0.05) is 0 Å². The molecule has 0 saturated carbocycles. The lowest BCUT2D eigenvalue weighted by molar-refractivity contribution is 0.415. The van der Waals surface area contributed by atoms with Gasteiger partial charge in [-0.3, -0.25) is 9.78 Å². The van der Waals surface area contributed by atoms with E-state index in [2.05, 4.69) is 32.1 Å². The van der Waals surface area contributed by atoms with Gasteiger partial charge < -0.3 is 10.6 Å². The summed E-state index contributed by atoms with van der Waals surface area (Å²) < 4.78 is 1.86. The largest absolute Gasteiger partial charge is 0.335 e. The molecular weight excluding hydrogens is 254 g/mol. The molecule has 20 heavy (non-hydrogen) atoms. The first kappa shape index (κ1) is 13.1. The summed E-state index contributed by atoms with van der Waals surface area (Å²) in [6.07, 6.45) is 5.84. The average Bonchev–Trinajstić information content (AvgIpc) is 3.11. The van der Waals surface area contributed by atoms with Gasteiger partial charge in [0.25, 0.3) is 0 Å². The van der Waals surface area contributed by atoms with Crippen LogP contribution in [0.1, 0.15) is 38.6 Å². The highest BCUT2D eigenvalue weighted by molar-refractivity contribution is 5.32. The summed E-state index contributed by atoms with van der Waals surface area (Å²) in [6.45, 7) is 5.14. The number of anilines is 1. The van der Waals surface area contributed by atoms with Gasteiger partial charge in [0.1, 0.15) is 6.04 Å². The Bertz CT molecular complexity index is 547. The van der Waals surface area contributed by atoms with Gasteiger partial charge >= 0.3 is 0 Å². The Morgan fingerprint density at radius 3 is 3.10 bits per heavy atom. The molecule has 3 rings (SSSR count). The lowest BCUT2D eigenvalue weighted by Gasteiger charge is -2.36. The maximum absolute atomic E-state index is 6.13. The number of nitrogens with zero attached hydrogens (tertiary/aromatic N) is 5. The van der Waals surface area contributed by atoms with E-state index in [0.717, 1.165) is 31.2 Å². The van der Waals surface area contributed by atoms with Crippen LogP contribution < -0.4 is 10.6 Å². The number of aromatic amines is 1. The topological polar surface area (TPSA) is 88.6 Å². The van der Waals surface area contributed by atoms with Crippen LogP contribution in [0.25, 0.3) is 0 Å². The molecule has 0 amide bonds. The summed E-state index contributed by atoms with van der Waals surface area (Å²) in [6, 6.07) is 2.40. The van der Waals surface area contributed by atoms with Gasteiger partial charge in [-0.2, -0.15) is 10.1 Å². The number of nitrogens with two attached hydrogens (primary N) is 1. The van der Waals surface area contributed by atoms with Crippen LogP contribution in [-0.4, -0.2) is 43.6 Å². The van der Waals surface area contributed by atoms with Crippen LogP contribution in [0.15, 0.2) is 18.5 Å². The maximum atomic E-state index is 6.13. The van der Waals surface area contributed by atoms with Crippen LogP contribution in [0.3, 0.4) is 0 Å². The first-order valence-corrected chi connectivity index (χ1v) is 7.10. The molecule has 0 bridgehead atoms. The third-order valence-corrected chi connectivity index (χ3v) is 4.11. The fraction of sp³-hybridized carbons (Fsp3) is 0.615. The van der Waals surface area contributed by atoms with E-state index in [9.17, 15) is 0 Å². The van der Waals surface area contributed by atoms with Crippen LogP contribution in [-0.2, 0) is 0 Å². The van der Waals surface area contributed by atoms with Crippen LogP contribution in [0.4, 0.5) is 5.95 Å². The summed E-state index contributed by atoms with van der Waals surface area (Å²) in [5.41, 5.74) is 6.13. The summed E-state index contributed by atoms with van der Waals surface area (Å²) in [7, 11) is 0. The standard InChI is InChI=1S/C13H21N7/c1-9-11(14)5-3-7-19(9)13-16-12(17-18-13)10(2)20-8-4-6-15-20/h4,6,8-11H,3,5,7,14H2,1-2H3,(H,16,17,18). The van der Waals surface area contributed by atoms with Crippen molar-refractivity contribution >= 4 is 5.95 Å². The number of hydrogen-bond acceptors (Lipinski definition) is 5. The summed E-state index contributed by atoms with van der Waals surface area (Å²) in [5, 5.41) is 11.6. The van der Waals surface area contributed by atoms with Gasteiger partial charge in [0.05, 0.1) is 0 Å². The molecule has 2 aromatic rings. The van der Waals surface area contributed by atoms with Crippen molar-refractivity contribution < 1.29 is 0 Å². The molecular formula is C13H21N7. The zero-order valence-corrected chi connectivity index (χ0v) is 11.9. The molecule has 1 aliphatic heterocycles. The molecule has 0 aromatic carbocycles. The minimum absolute atomic E-state index is 0.0417. The second-order valence-corrected chi connectivity index (χ2v) is 5.42. The quantitative estimate of drug-likeness (QED) is 0.869. The van der Waals surface area contributed by atoms with E-state index in [1.54, 1.807) is 6.20 Å². The molecule has 0 radical (unpaired) electrons. The Labute approximate surface area is 118 Å². The van der Waals surface area contributed by atoms with Crippen LogP contribution in [0.2, 0.25) is 0 Å². The SMILES string of the molecule is CC1C(N)CCCN1c1n[nH]c(C(C)n2cccn2)n1. The highest BCUT2D eigenvalue weighted by Gasteiger charge is 2.28. The van der Waals surface area contributed by atoms with Crippen LogP contribution in [0, 0.1) is 0 Å². The first-order chi connectivity index (χ1) is 9.66. The smallest absolute Gasteiger partial charge is 0.245 e. The lowest BCUT2D eigenvalue weighted by atomic mass is 9.99. The third kappa shape index (κ3) is 2.29. The zero-order chi connectivity index (χ0) is 14.1. The van der Waals surface area contributed by atoms with E-state index in [1.807, 2.05) is 23.9 Å². The Kier molecular flexibility index (Phi) is 3.43. The van der Waals surface area contributed by atoms with Gasteiger partial charge in [-0.25, -0.2) is 0 Å². The molecule has 7 nitrogen and oxygen atoms in total. The highest BCUT2D eigenvalue weighted by Crippen LogP contribution is 2.22. The van der Waals surface area contributed by atoms with Gasteiger partial charge in [0, 0.05) is 31.0 Å². The normalized spacial score (nSPS) is 24.9. The molecule has 3 atom stereocenters. The third-order valence-electron chi connectivity index (χ3n) is 4.11. The van der Waals surface area contributed by atoms with Crippen molar-refractivity contribution in [3.8, 4) is 0 Å². The van der Waals surface area contributed by atoms with Crippen LogP contribution in [0.5, 0.6) is 0 Å². The molecule has 1 aliphatic rings. The van der Waals surface area contributed by atoms with Gasteiger partial charge in [0.15, 0.2) is 5.82 Å². The van der Waals surface area contributed by atoms with Gasteiger partial charge in [-0.15, -0.1) is 5.10 Å². The highest BCUT2D eigenvalue weighted by atomic mass is 15.4. The Balaban J connectivity index is 1.80. The fourth-order valence-corrected chi connectivity index (χ4v) is 2.67. The van der Waals surface area contributed by atoms with Gasteiger partial charge in [0.2, 0.25) is 5.95 Å². The predicted molar refractivity (Wildman–Crippen MR) is 76.4 cm³/mol. The molecule has 3 N–H and O–H groups in total. The number of rotatable bonds is 3. The zero-order valence-electron chi connectivity index (χ0n) is 11.9. The first-order valence-electron chi connectivity index (χ1n) is 7.10. The lowest BCUT2D eigenvalue weighted by Crippen LogP contribution is -2.51. The molecule has 108 valence electrons. The van der Waals surface area contributed by atoms with E-state index in [1.165, 1.54) is 0 Å². The number of H-pyrrole nitrogens is 1. The number of hydrogen-bond donors (Lipinski definition) is 2. The average molecular weight is 275 g/mol. The van der Waals surface area contributed by atoms with E-state index < -0.39 is 0 Å².